The van der Waals surface area contributed by atoms with Crippen LogP contribution in [-0.2, 0) is 17.8 Å². The van der Waals surface area contributed by atoms with E-state index in [0.717, 1.165) is 12.2 Å². The Hall–Kier alpha value is -2.30. The standard InChI is InChI=1S/C15H19N3O2/c1-20-14-5-3-13(4-6-14)7-10-16-15(19)8-12-18-11-2-9-17-18/h2-6,9,11H,7-8,10,12H2,1H3,(H,16,19). The molecule has 2 aromatic rings. The van der Waals surface area contributed by atoms with Crippen molar-refractivity contribution >= 4 is 5.91 Å². The minimum atomic E-state index is 0.0500. The number of benzene rings is 1. The Labute approximate surface area is 118 Å². The lowest BCUT2D eigenvalue weighted by Gasteiger charge is -2.06. The molecule has 106 valence electrons. The Morgan fingerprint density at radius 1 is 1.35 bits per heavy atom. The minimum Gasteiger partial charge on any atom is -0.497 e. The van der Waals surface area contributed by atoms with Crippen molar-refractivity contribution in [2.45, 2.75) is 19.4 Å². The van der Waals surface area contributed by atoms with E-state index >= 15 is 0 Å². The third kappa shape index (κ3) is 4.42. The molecule has 0 aliphatic carbocycles. The Kier molecular flexibility index (Phi) is 5.17. The van der Waals surface area contributed by atoms with Crippen LogP contribution in [0.4, 0.5) is 0 Å². The van der Waals surface area contributed by atoms with E-state index in [-0.39, 0.29) is 5.91 Å². The van der Waals surface area contributed by atoms with Crippen LogP contribution in [0.3, 0.4) is 0 Å². The summed E-state index contributed by atoms with van der Waals surface area (Å²) in [5.41, 5.74) is 1.18. The van der Waals surface area contributed by atoms with Crippen LogP contribution in [0.2, 0.25) is 0 Å². The average molecular weight is 273 g/mol. The SMILES string of the molecule is COc1ccc(CCNC(=O)CCn2cccn2)cc1. The van der Waals surface area contributed by atoms with E-state index in [0.29, 0.717) is 19.5 Å². The highest BCUT2D eigenvalue weighted by Crippen LogP contribution is 2.11. The fraction of sp³-hybridized carbons (Fsp3) is 0.333. The average Bonchev–Trinajstić information content (AvgIpc) is 2.99. The lowest BCUT2D eigenvalue weighted by molar-refractivity contribution is -0.121. The van der Waals surface area contributed by atoms with Gasteiger partial charge in [-0.1, -0.05) is 12.1 Å². The molecule has 5 nitrogen and oxygen atoms in total. The molecule has 1 amide bonds. The van der Waals surface area contributed by atoms with Gasteiger partial charge in [0.25, 0.3) is 0 Å². The first-order valence-corrected chi connectivity index (χ1v) is 6.65. The van der Waals surface area contributed by atoms with Gasteiger partial charge in [-0.15, -0.1) is 0 Å². The number of methoxy groups -OCH3 is 1. The number of amides is 1. The lowest BCUT2D eigenvalue weighted by Crippen LogP contribution is -2.26. The first kappa shape index (κ1) is 14.1. The quantitative estimate of drug-likeness (QED) is 0.834. The number of nitrogens with zero attached hydrogens (tertiary/aromatic N) is 2. The molecule has 1 aromatic heterocycles. The number of aromatic nitrogens is 2. The maximum absolute atomic E-state index is 11.7. The Morgan fingerprint density at radius 3 is 2.80 bits per heavy atom. The molecule has 0 aliphatic rings. The summed E-state index contributed by atoms with van der Waals surface area (Å²) in [6.45, 7) is 1.26. The fourth-order valence-electron chi connectivity index (χ4n) is 1.88. The second-order valence-corrected chi connectivity index (χ2v) is 4.47. The largest absolute Gasteiger partial charge is 0.497 e. The van der Waals surface area contributed by atoms with Crippen LogP contribution in [0.5, 0.6) is 5.75 Å². The van der Waals surface area contributed by atoms with E-state index in [1.54, 1.807) is 18.0 Å². The number of ether oxygens (including phenoxy) is 1. The van der Waals surface area contributed by atoms with Crippen LogP contribution in [0, 0.1) is 0 Å². The van der Waals surface area contributed by atoms with E-state index in [1.165, 1.54) is 5.56 Å². The van der Waals surface area contributed by atoms with Crippen molar-refractivity contribution in [3.63, 3.8) is 0 Å². The molecule has 0 aliphatic heterocycles. The van der Waals surface area contributed by atoms with E-state index in [9.17, 15) is 4.79 Å². The second kappa shape index (κ2) is 7.33. The van der Waals surface area contributed by atoms with Gasteiger partial charge in [0.1, 0.15) is 5.75 Å². The number of hydrogen-bond acceptors (Lipinski definition) is 3. The Morgan fingerprint density at radius 2 is 2.15 bits per heavy atom. The van der Waals surface area contributed by atoms with Gasteiger partial charge in [-0.05, 0) is 30.2 Å². The molecule has 0 saturated heterocycles. The van der Waals surface area contributed by atoms with Gasteiger partial charge in [-0.2, -0.15) is 5.10 Å². The highest BCUT2D eigenvalue weighted by atomic mass is 16.5. The van der Waals surface area contributed by atoms with Crippen molar-refractivity contribution in [1.82, 2.24) is 15.1 Å². The van der Waals surface area contributed by atoms with Crippen molar-refractivity contribution in [2.24, 2.45) is 0 Å². The molecule has 0 saturated carbocycles. The van der Waals surface area contributed by atoms with Crippen molar-refractivity contribution in [1.29, 1.82) is 0 Å². The zero-order chi connectivity index (χ0) is 14.2. The molecule has 20 heavy (non-hydrogen) atoms. The number of carbonyl (C=O) groups is 1. The molecule has 0 atom stereocenters. The monoisotopic (exact) mass is 273 g/mol. The van der Waals surface area contributed by atoms with Gasteiger partial charge >= 0.3 is 0 Å². The summed E-state index contributed by atoms with van der Waals surface area (Å²) in [7, 11) is 1.65. The van der Waals surface area contributed by atoms with Crippen LogP contribution < -0.4 is 10.1 Å². The Bertz CT molecular complexity index is 521. The van der Waals surface area contributed by atoms with E-state index in [2.05, 4.69) is 10.4 Å². The number of rotatable bonds is 7. The van der Waals surface area contributed by atoms with Crippen LogP contribution in [0.25, 0.3) is 0 Å². The van der Waals surface area contributed by atoms with Crippen molar-refractivity contribution in [3.8, 4) is 5.75 Å². The van der Waals surface area contributed by atoms with Crippen LogP contribution >= 0.6 is 0 Å². The first-order valence-electron chi connectivity index (χ1n) is 6.65. The summed E-state index contributed by atoms with van der Waals surface area (Å²) in [6.07, 6.45) is 4.83. The summed E-state index contributed by atoms with van der Waals surface area (Å²) in [6, 6.07) is 9.72. The third-order valence-electron chi connectivity index (χ3n) is 3.02. The third-order valence-corrected chi connectivity index (χ3v) is 3.02. The summed E-state index contributed by atoms with van der Waals surface area (Å²) in [5.74, 6) is 0.894. The number of aryl methyl sites for hydroxylation is 1. The zero-order valence-corrected chi connectivity index (χ0v) is 11.6. The smallest absolute Gasteiger partial charge is 0.221 e. The fourth-order valence-corrected chi connectivity index (χ4v) is 1.88. The molecular weight excluding hydrogens is 254 g/mol. The zero-order valence-electron chi connectivity index (χ0n) is 11.6. The van der Waals surface area contributed by atoms with Crippen LogP contribution in [0.15, 0.2) is 42.7 Å². The van der Waals surface area contributed by atoms with Crippen LogP contribution in [-0.4, -0.2) is 29.3 Å². The highest BCUT2D eigenvalue weighted by molar-refractivity contribution is 5.75. The van der Waals surface area contributed by atoms with Gasteiger partial charge in [-0.25, -0.2) is 0 Å². The second-order valence-electron chi connectivity index (χ2n) is 4.47. The summed E-state index contributed by atoms with van der Waals surface area (Å²) in [4.78, 5) is 11.7. The first-order chi connectivity index (χ1) is 9.78. The molecule has 0 radical (unpaired) electrons. The Balaban J connectivity index is 1.65. The molecule has 0 spiro atoms. The minimum absolute atomic E-state index is 0.0500. The topological polar surface area (TPSA) is 56.1 Å². The normalized spacial score (nSPS) is 10.2. The molecule has 1 heterocycles. The number of carbonyl (C=O) groups excluding carboxylic acids is 1. The van der Waals surface area contributed by atoms with Gasteiger partial charge < -0.3 is 10.1 Å². The molecular formula is C15H19N3O2. The molecule has 0 unspecified atom stereocenters. The molecule has 2 rings (SSSR count). The predicted molar refractivity (Wildman–Crippen MR) is 76.6 cm³/mol. The van der Waals surface area contributed by atoms with E-state index < -0.39 is 0 Å². The van der Waals surface area contributed by atoms with E-state index in [1.807, 2.05) is 36.5 Å². The molecule has 1 aromatic carbocycles. The molecule has 5 heteroatoms. The van der Waals surface area contributed by atoms with Gasteiger partial charge in [0.2, 0.25) is 5.91 Å². The van der Waals surface area contributed by atoms with E-state index in [4.69, 9.17) is 4.74 Å². The maximum Gasteiger partial charge on any atom is 0.221 e. The van der Waals surface area contributed by atoms with Gasteiger partial charge in [0.15, 0.2) is 0 Å². The molecule has 0 fully saturated rings. The predicted octanol–water partition coefficient (Wildman–Crippen LogP) is 1.64. The summed E-state index contributed by atoms with van der Waals surface area (Å²) >= 11 is 0. The van der Waals surface area contributed by atoms with Gasteiger partial charge in [0, 0.05) is 31.9 Å². The lowest BCUT2D eigenvalue weighted by atomic mass is 10.1. The molecule has 0 bridgehead atoms. The van der Waals surface area contributed by atoms with Crippen molar-refractivity contribution < 1.29 is 9.53 Å². The summed E-state index contributed by atoms with van der Waals surface area (Å²) in [5, 5.41) is 6.97. The number of nitrogens with one attached hydrogen (secondary N) is 1. The van der Waals surface area contributed by atoms with Gasteiger partial charge in [0.05, 0.1) is 7.11 Å². The highest BCUT2D eigenvalue weighted by Gasteiger charge is 2.02. The summed E-state index contributed by atoms with van der Waals surface area (Å²) < 4.78 is 6.85. The van der Waals surface area contributed by atoms with Crippen LogP contribution in [0.1, 0.15) is 12.0 Å². The van der Waals surface area contributed by atoms with Crippen molar-refractivity contribution in [2.75, 3.05) is 13.7 Å². The molecule has 1 N–H and O–H groups in total. The van der Waals surface area contributed by atoms with Gasteiger partial charge in [-0.3, -0.25) is 9.48 Å². The van der Waals surface area contributed by atoms with Crippen molar-refractivity contribution in [3.05, 3.63) is 48.3 Å². The maximum atomic E-state index is 11.7. The number of hydrogen-bond donors (Lipinski definition) is 1.